The molecule has 0 saturated carbocycles. The van der Waals surface area contributed by atoms with Crippen LogP contribution in [0.5, 0.6) is 0 Å². The van der Waals surface area contributed by atoms with Gasteiger partial charge in [0.05, 0.1) is 0 Å². The second-order valence-electron chi connectivity index (χ2n) is 11.4. The fourth-order valence-electron chi connectivity index (χ4n) is 6.77. The molecule has 3 heterocycles. The first-order chi connectivity index (χ1) is 19.3. The molecule has 2 saturated heterocycles. The summed E-state index contributed by atoms with van der Waals surface area (Å²) in [4.78, 5) is 56.8. The molecule has 1 aromatic heterocycles. The van der Waals surface area contributed by atoms with E-state index in [1.54, 1.807) is 42.5 Å². The average Bonchev–Trinajstić information content (AvgIpc) is 3.56. The lowest BCUT2D eigenvalue weighted by molar-refractivity contribution is 0.0558. The number of aryl methyl sites for hydroxylation is 1. The van der Waals surface area contributed by atoms with Crippen molar-refractivity contribution in [3.05, 3.63) is 106 Å². The molecule has 7 rings (SSSR count). The molecule has 1 aliphatic carbocycles. The highest BCUT2D eigenvalue weighted by Crippen LogP contribution is 2.41. The number of hydrogen-bond acceptors (Lipinski definition) is 4. The molecule has 1 spiro atoms. The third-order valence-electron chi connectivity index (χ3n) is 9.18. The van der Waals surface area contributed by atoms with Gasteiger partial charge in [0.25, 0.3) is 11.8 Å². The van der Waals surface area contributed by atoms with Crippen LogP contribution >= 0.6 is 0 Å². The predicted octanol–water partition coefficient (Wildman–Crippen LogP) is 4.72. The number of aromatic nitrogens is 1. The Morgan fingerprint density at radius 1 is 0.675 bits per heavy atom. The molecule has 2 fully saturated rings. The topological polar surface area (TPSA) is 79.7 Å². The number of benzene rings is 3. The van der Waals surface area contributed by atoms with Gasteiger partial charge in [0.2, 0.25) is 0 Å². The largest absolute Gasteiger partial charge is 0.340 e. The molecule has 0 N–H and O–H groups in total. The van der Waals surface area contributed by atoms with Gasteiger partial charge in [-0.05, 0) is 55.0 Å². The molecule has 0 bridgehead atoms. The van der Waals surface area contributed by atoms with Gasteiger partial charge in [-0.15, -0.1) is 0 Å². The van der Waals surface area contributed by atoms with Crippen molar-refractivity contribution in [3.63, 3.8) is 0 Å². The maximum Gasteiger partial charge on any atom is 0.270 e. The lowest BCUT2D eigenvalue weighted by Crippen LogP contribution is -2.45. The van der Waals surface area contributed by atoms with Gasteiger partial charge in [0.15, 0.2) is 11.6 Å². The number of carbonyl (C=O) groups excluding carboxylic acids is 4. The minimum Gasteiger partial charge on any atom is -0.340 e. The first-order valence-electron chi connectivity index (χ1n) is 13.8. The molecule has 0 unspecified atom stereocenters. The Bertz CT molecular complexity index is 1740. The van der Waals surface area contributed by atoms with E-state index in [4.69, 9.17) is 0 Å². The average molecular weight is 532 g/mol. The van der Waals surface area contributed by atoms with Crippen LogP contribution in [-0.2, 0) is 7.05 Å². The zero-order chi connectivity index (χ0) is 27.6. The van der Waals surface area contributed by atoms with Crippen LogP contribution in [0.4, 0.5) is 0 Å². The second-order valence-corrected chi connectivity index (χ2v) is 11.4. The summed E-state index contributed by atoms with van der Waals surface area (Å²) in [5, 5.41) is 1.06. The van der Waals surface area contributed by atoms with E-state index < -0.39 is 0 Å². The van der Waals surface area contributed by atoms with Crippen LogP contribution < -0.4 is 0 Å². The molecule has 200 valence electrons. The van der Waals surface area contributed by atoms with E-state index in [-0.39, 0.29) is 28.8 Å². The molecule has 4 aromatic rings. The number of ketones is 2. The fourth-order valence-corrected chi connectivity index (χ4v) is 6.77. The molecule has 2 aliphatic heterocycles. The number of amides is 2. The lowest BCUT2D eigenvalue weighted by Gasteiger charge is -2.39. The molecule has 0 radical (unpaired) electrons. The normalized spacial score (nSPS) is 17.8. The number of piperidine rings is 1. The molecule has 7 nitrogen and oxygen atoms in total. The van der Waals surface area contributed by atoms with Gasteiger partial charge < -0.3 is 14.4 Å². The first-order valence-corrected chi connectivity index (χ1v) is 13.8. The van der Waals surface area contributed by atoms with Gasteiger partial charge in [0.1, 0.15) is 5.69 Å². The summed E-state index contributed by atoms with van der Waals surface area (Å²) in [5.41, 5.74) is 3.60. The maximum atomic E-state index is 13.5. The second kappa shape index (κ2) is 9.01. The van der Waals surface area contributed by atoms with E-state index in [0.717, 1.165) is 30.2 Å². The zero-order valence-corrected chi connectivity index (χ0v) is 22.4. The quantitative estimate of drug-likeness (QED) is 0.330. The van der Waals surface area contributed by atoms with Crippen molar-refractivity contribution < 1.29 is 19.2 Å². The van der Waals surface area contributed by atoms with Gasteiger partial charge >= 0.3 is 0 Å². The summed E-state index contributed by atoms with van der Waals surface area (Å²) < 4.78 is 1.97. The summed E-state index contributed by atoms with van der Waals surface area (Å²) in [7, 11) is 1.93. The highest BCUT2D eigenvalue weighted by atomic mass is 16.2. The monoisotopic (exact) mass is 531 g/mol. The number of likely N-dealkylation sites (tertiary alicyclic amines) is 2. The number of para-hydroxylation sites is 1. The van der Waals surface area contributed by atoms with Crippen molar-refractivity contribution in [2.24, 2.45) is 12.5 Å². The number of rotatable bonds is 2. The van der Waals surface area contributed by atoms with Crippen LogP contribution in [-0.4, -0.2) is 63.9 Å². The van der Waals surface area contributed by atoms with Crippen LogP contribution in [0.2, 0.25) is 0 Å². The minimum absolute atomic E-state index is 0.00963. The molecule has 3 aromatic carbocycles. The molecular formula is C33H29N3O4. The molecule has 0 atom stereocenters. The van der Waals surface area contributed by atoms with Crippen molar-refractivity contribution in [3.8, 4) is 0 Å². The van der Waals surface area contributed by atoms with Crippen LogP contribution in [0.3, 0.4) is 0 Å². The SMILES string of the molecule is Cn1c(C(=O)N2CCC3(CCN(C(=O)c4ccc5c(c4)C(=O)c4ccccc4C5=O)C3)CC2)cc2ccccc21. The van der Waals surface area contributed by atoms with Crippen molar-refractivity contribution in [2.75, 3.05) is 26.2 Å². The molecule has 40 heavy (non-hydrogen) atoms. The maximum absolute atomic E-state index is 13.5. The summed E-state index contributed by atoms with van der Waals surface area (Å²) in [5.74, 6) is -0.475. The van der Waals surface area contributed by atoms with Gasteiger partial charge in [-0.25, -0.2) is 0 Å². The minimum atomic E-state index is -0.221. The number of carbonyl (C=O) groups is 4. The van der Waals surface area contributed by atoms with Crippen molar-refractivity contribution in [2.45, 2.75) is 19.3 Å². The van der Waals surface area contributed by atoms with E-state index in [1.807, 2.05) is 51.7 Å². The Morgan fingerprint density at radius 3 is 1.98 bits per heavy atom. The van der Waals surface area contributed by atoms with Crippen LogP contribution in [0.25, 0.3) is 10.9 Å². The predicted molar refractivity (Wildman–Crippen MR) is 151 cm³/mol. The summed E-state index contributed by atoms with van der Waals surface area (Å²) in [6.07, 6.45) is 2.59. The third kappa shape index (κ3) is 3.72. The van der Waals surface area contributed by atoms with E-state index in [2.05, 4.69) is 0 Å². The summed E-state index contributed by atoms with van der Waals surface area (Å²) in [6.45, 7) is 2.60. The highest BCUT2D eigenvalue weighted by Gasteiger charge is 2.43. The Balaban J connectivity index is 1.04. The number of nitrogens with zero attached hydrogens (tertiary/aromatic N) is 3. The Kier molecular flexibility index (Phi) is 5.52. The van der Waals surface area contributed by atoms with Crippen LogP contribution in [0.1, 0.15) is 72.0 Å². The molecular weight excluding hydrogens is 502 g/mol. The lowest BCUT2D eigenvalue weighted by atomic mass is 9.77. The smallest absolute Gasteiger partial charge is 0.270 e. The van der Waals surface area contributed by atoms with E-state index in [1.165, 1.54) is 0 Å². The van der Waals surface area contributed by atoms with E-state index in [9.17, 15) is 19.2 Å². The van der Waals surface area contributed by atoms with Gasteiger partial charge in [-0.3, -0.25) is 19.2 Å². The van der Waals surface area contributed by atoms with Crippen LogP contribution in [0, 0.1) is 5.41 Å². The number of hydrogen-bond donors (Lipinski definition) is 0. The van der Waals surface area contributed by atoms with E-state index >= 15 is 0 Å². The van der Waals surface area contributed by atoms with Crippen molar-refractivity contribution in [1.82, 2.24) is 14.4 Å². The molecule has 2 amide bonds. The number of fused-ring (bicyclic) bond motifs is 3. The summed E-state index contributed by atoms with van der Waals surface area (Å²) >= 11 is 0. The van der Waals surface area contributed by atoms with Crippen molar-refractivity contribution >= 4 is 34.3 Å². The third-order valence-corrected chi connectivity index (χ3v) is 9.18. The van der Waals surface area contributed by atoms with Crippen LogP contribution in [0.15, 0.2) is 72.8 Å². The van der Waals surface area contributed by atoms with Gasteiger partial charge in [0, 0.05) is 71.9 Å². The first kappa shape index (κ1) is 24.5. The van der Waals surface area contributed by atoms with Gasteiger partial charge in [-0.2, -0.15) is 0 Å². The summed E-state index contributed by atoms with van der Waals surface area (Å²) in [6, 6.07) is 21.7. The molecule has 7 heteroatoms. The van der Waals surface area contributed by atoms with Gasteiger partial charge in [-0.1, -0.05) is 42.5 Å². The standard InChI is InChI=1S/C33H29N3O4/c1-34-27-9-5-2-6-21(27)19-28(34)32(40)35-15-12-33(13-16-35)14-17-36(20-33)31(39)22-10-11-25-26(18-22)30(38)24-8-4-3-7-23(24)29(25)37/h2-11,18-19H,12-17,20H2,1H3. The van der Waals surface area contributed by atoms with E-state index in [0.29, 0.717) is 59.7 Å². The Morgan fingerprint density at radius 2 is 1.27 bits per heavy atom. The highest BCUT2D eigenvalue weighted by molar-refractivity contribution is 6.28. The zero-order valence-electron chi connectivity index (χ0n) is 22.4. The Labute approximate surface area is 232 Å². The fraction of sp³-hybridized carbons (Fsp3) is 0.273. The molecule has 3 aliphatic rings. The van der Waals surface area contributed by atoms with Crippen molar-refractivity contribution in [1.29, 1.82) is 0 Å². The Hall–Kier alpha value is -4.52.